The Morgan fingerprint density at radius 1 is 1.58 bits per heavy atom. The topological polar surface area (TPSA) is 59.4 Å². The molecule has 106 valence electrons. The van der Waals surface area contributed by atoms with Gasteiger partial charge < -0.3 is 19.5 Å². The summed E-state index contributed by atoms with van der Waals surface area (Å²) in [6, 6.07) is 0.0207. The lowest BCUT2D eigenvalue weighted by atomic mass is 10.2. The van der Waals surface area contributed by atoms with Crippen LogP contribution in [0, 0.1) is 0 Å². The van der Waals surface area contributed by atoms with Crippen LogP contribution in [0.15, 0.2) is 18.7 Å². The molecule has 0 radical (unpaired) electrons. The summed E-state index contributed by atoms with van der Waals surface area (Å²) in [7, 11) is 0. The van der Waals surface area contributed by atoms with Crippen LogP contribution in [-0.4, -0.2) is 52.8 Å². The smallest absolute Gasteiger partial charge is 0.317 e. The Balaban J connectivity index is 1.63. The number of hydrogen-bond acceptors (Lipinski definition) is 3. The fraction of sp³-hybridized carbons (Fsp3) is 0.692. The molecule has 0 unspecified atom stereocenters. The van der Waals surface area contributed by atoms with E-state index in [0.29, 0.717) is 26.2 Å². The maximum Gasteiger partial charge on any atom is 0.317 e. The van der Waals surface area contributed by atoms with E-state index in [2.05, 4.69) is 17.2 Å². The first-order chi connectivity index (χ1) is 9.29. The number of ether oxygens (including phenoxy) is 1. The van der Waals surface area contributed by atoms with Crippen LogP contribution in [0.3, 0.4) is 0 Å². The normalized spacial score (nSPS) is 19.4. The van der Waals surface area contributed by atoms with E-state index in [-0.39, 0.29) is 12.1 Å². The SMILES string of the molecule is CC[C@H]1CN(C(=O)NCCCn2ccnc2)CCO1. The van der Waals surface area contributed by atoms with Crippen molar-refractivity contribution in [2.75, 3.05) is 26.2 Å². The number of nitrogens with zero attached hydrogens (tertiary/aromatic N) is 3. The van der Waals surface area contributed by atoms with Crippen LogP contribution in [0.1, 0.15) is 19.8 Å². The molecule has 1 aromatic rings. The quantitative estimate of drug-likeness (QED) is 0.812. The summed E-state index contributed by atoms with van der Waals surface area (Å²) in [5.74, 6) is 0. The van der Waals surface area contributed by atoms with Crippen LogP contribution >= 0.6 is 0 Å². The number of amides is 2. The number of aryl methyl sites for hydroxylation is 1. The predicted octanol–water partition coefficient (Wildman–Crippen LogP) is 1.09. The maximum absolute atomic E-state index is 12.0. The van der Waals surface area contributed by atoms with Crippen molar-refractivity contribution in [3.63, 3.8) is 0 Å². The van der Waals surface area contributed by atoms with Crippen LogP contribution in [-0.2, 0) is 11.3 Å². The highest BCUT2D eigenvalue weighted by atomic mass is 16.5. The van der Waals surface area contributed by atoms with E-state index in [1.54, 1.807) is 12.5 Å². The second kappa shape index (κ2) is 7.13. The molecular formula is C13H22N4O2. The van der Waals surface area contributed by atoms with Gasteiger partial charge in [-0.1, -0.05) is 6.92 Å². The molecule has 1 aromatic heterocycles. The molecule has 0 spiro atoms. The number of hydrogen-bond donors (Lipinski definition) is 1. The minimum absolute atomic E-state index is 0.0207. The van der Waals surface area contributed by atoms with E-state index >= 15 is 0 Å². The third-order valence-electron chi connectivity index (χ3n) is 3.31. The number of morpholine rings is 1. The highest BCUT2D eigenvalue weighted by Gasteiger charge is 2.22. The minimum atomic E-state index is 0.0207. The van der Waals surface area contributed by atoms with Crippen LogP contribution in [0.25, 0.3) is 0 Å². The standard InChI is InChI=1S/C13H22N4O2/c1-2-12-10-17(8-9-19-12)13(18)15-4-3-6-16-7-5-14-11-16/h5,7,11-12H,2-4,6,8-10H2,1H3,(H,15,18)/t12-/m0/s1. The first kappa shape index (κ1) is 13.9. The summed E-state index contributed by atoms with van der Waals surface area (Å²) in [6.07, 6.45) is 7.52. The molecule has 6 nitrogen and oxygen atoms in total. The van der Waals surface area contributed by atoms with E-state index < -0.39 is 0 Å². The van der Waals surface area contributed by atoms with Gasteiger partial charge in [-0.2, -0.15) is 0 Å². The van der Waals surface area contributed by atoms with E-state index in [1.165, 1.54) is 0 Å². The largest absolute Gasteiger partial charge is 0.375 e. The zero-order chi connectivity index (χ0) is 13.5. The molecule has 2 rings (SSSR count). The summed E-state index contributed by atoms with van der Waals surface area (Å²) in [5.41, 5.74) is 0. The van der Waals surface area contributed by atoms with Gasteiger partial charge in [-0.3, -0.25) is 0 Å². The molecule has 0 saturated carbocycles. The van der Waals surface area contributed by atoms with Gasteiger partial charge in [0.05, 0.1) is 19.0 Å². The van der Waals surface area contributed by atoms with Gasteiger partial charge in [-0.25, -0.2) is 9.78 Å². The van der Waals surface area contributed by atoms with Crippen molar-refractivity contribution in [3.8, 4) is 0 Å². The molecule has 1 aliphatic heterocycles. The van der Waals surface area contributed by atoms with E-state index in [9.17, 15) is 4.79 Å². The summed E-state index contributed by atoms with van der Waals surface area (Å²) < 4.78 is 7.56. The van der Waals surface area contributed by atoms with Crippen molar-refractivity contribution >= 4 is 6.03 Å². The lowest BCUT2D eigenvalue weighted by Gasteiger charge is -2.32. The molecule has 0 aliphatic carbocycles. The summed E-state index contributed by atoms with van der Waals surface area (Å²) in [6.45, 7) is 5.66. The van der Waals surface area contributed by atoms with Crippen LogP contribution in [0.2, 0.25) is 0 Å². The minimum Gasteiger partial charge on any atom is -0.375 e. The third kappa shape index (κ3) is 4.24. The van der Waals surface area contributed by atoms with E-state index in [4.69, 9.17) is 4.74 Å². The number of aromatic nitrogens is 2. The average molecular weight is 266 g/mol. The molecule has 0 bridgehead atoms. The first-order valence-electron chi connectivity index (χ1n) is 6.89. The monoisotopic (exact) mass is 266 g/mol. The Morgan fingerprint density at radius 3 is 3.21 bits per heavy atom. The van der Waals surface area contributed by atoms with Crippen molar-refractivity contribution in [3.05, 3.63) is 18.7 Å². The molecule has 1 atom stereocenters. The molecule has 1 N–H and O–H groups in total. The number of carbonyl (C=O) groups is 1. The second-order valence-corrected chi connectivity index (χ2v) is 4.73. The van der Waals surface area contributed by atoms with Crippen molar-refractivity contribution in [2.24, 2.45) is 0 Å². The summed E-state index contributed by atoms with van der Waals surface area (Å²) in [5, 5.41) is 2.96. The number of imidazole rings is 1. The molecule has 19 heavy (non-hydrogen) atoms. The van der Waals surface area contributed by atoms with E-state index in [1.807, 2.05) is 15.7 Å². The van der Waals surface area contributed by atoms with Crippen molar-refractivity contribution in [2.45, 2.75) is 32.4 Å². The average Bonchev–Trinajstić information content (AvgIpc) is 2.96. The number of rotatable bonds is 5. The van der Waals surface area contributed by atoms with Gasteiger partial charge >= 0.3 is 6.03 Å². The van der Waals surface area contributed by atoms with Crippen LogP contribution in [0.4, 0.5) is 4.79 Å². The molecule has 6 heteroatoms. The molecule has 0 aromatic carbocycles. The van der Waals surface area contributed by atoms with E-state index in [0.717, 1.165) is 19.4 Å². The zero-order valence-electron chi connectivity index (χ0n) is 11.4. The van der Waals surface area contributed by atoms with Crippen molar-refractivity contribution < 1.29 is 9.53 Å². The van der Waals surface area contributed by atoms with Crippen LogP contribution < -0.4 is 5.32 Å². The Bertz CT molecular complexity index is 380. The number of carbonyl (C=O) groups excluding carboxylic acids is 1. The Morgan fingerprint density at radius 2 is 2.47 bits per heavy atom. The van der Waals surface area contributed by atoms with Gasteiger partial charge in [0, 0.05) is 38.6 Å². The fourth-order valence-electron chi connectivity index (χ4n) is 2.14. The Hall–Kier alpha value is -1.56. The molecule has 1 fully saturated rings. The van der Waals surface area contributed by atoms with Gasteiger partial charge in [0.1, 0.15) is 0 Å². The maximum atomic E-state index is 12.0. The molecule has 2 heterocycles. The van der Waals surface area contributed by atoms with Gasteiger partial charge in [-0.05, 0) is 12.8 Å². The predicted molar refractivity (Wildman–Crippen MR) is 71.8 cm³/mol. The van der Waals surface area contributed by atoms with Gasteiger partial charge in [-0.15, -0.1) is 0 Å². The van der Waals surface area contributed by atoms with Crippen LogP contribution in [0.5, 0.6) is 0 Å². The zero-order valence-corrected chi connectivity index (χ0v) is 11.4. The lowest BCUT2D eigenvalue weighted by Crippen LogP contribution is -2.49. The van der Waals surface area contributed by atoms with Gasteiger partial charge in [0.25, 0.3) is 0 Å². The van der Waals surface area contributed by atoms with Crippen molar-refractivity contribution in [1.29, 1.82) is 0 Å². The summed E-state index contributed by atoms with van der Waals surface area (Å²) >= 11 is 0. The molecule has 2 amide bonds. The number of nitrogens with one attached hydrogen (secondary N) is 1. The Labute approximate surface area is 113 Å². The lowest BCUT2D eigenvalue weighted by molar-refractivity contribution is -0.0153. The second-order valence-electron chi connectivity index (χ2n) is 4.73. The van der Waals surface area contributed by atoms with Crippen molar-refractivity contribution in [1.82, 2.24) is 19.8 Å². The third-order valence-corrected chi connectivity index (χ3v) is 3.31. The Kier molecular flexibility index (Phi) is 5.20. The highest BCUT2D eigenvalue weighted by molar-refractivity contribution is 5.74. The fourth-order valence-corrected chi connectivity index (χ4v) is 2.14. The highest BCUT2D eigenvalue weighted by Crippen LogP contribution is 2.08. The molecular weight excluding hydrogens is 244 g/mol. The molecule has 1 aliphatic rings. The summed E-state index contributed by atoms with van der Waals surface area (Å²) in [4.78, 5) is 17.8. The van der Waals surface area contributed by atoms with Gasteiger partial charge in [0.15, 0.2) is 0 Å². The molecule has 1 saturated heterocycles. The van der Waals surface area contributed by atoms with Gasteiger partial charge in [0.2, 0.25) is 0 Å². The first-order valence-corrected chi connectivity index (χ1v) is 6.89. The number of urea groups is 1.